The highest BCUT2D eigenvalue weighted by atomic mass is 32.2. The predicted molar refractivity (Wildman–Crippen MR) is 184 cm³/mol. The summed E-state index contributed by atoms with van der Waals surface area (Å²) >= 11 is 0. The molecule has 0 saturated heterocycles. The lowest BCUT2D eigenvalue weighted by atomic mass is 9.97. The van der Waals surface area contributed by atoms with Gasteiger partial charge in [0.2, 0.25) is 22.0 Å². The maximum Gasteiger partial charge on any atom is 0.509 e. The molecule has 2 N–H and O–H groups in total. The average molecular weight is 704 g/mol. The van der Waals surface area contributed by atoms with E-state index < -0.39 is 33.8 Å². The van der Waals surface area contributed by atoms with Gasteiger partial charge in [-0.25, -0.2) is 23.0 Å². The van der Waals surface area contributed by atoms with Gasteiger partial charge in [-0.05, 0) is 62.7 Å². The fourth-order valence-electron chi connectivity index (χ4n) is 6.39. The maximum absolute atomic E-state index is 13.9. The molecular formula is C35H37N5O9S. The Morgan fingerprint density at radius 2 is 1.84 bits per heavy atom. The number of nitrogens with one attached hydrogen (secondary N) is 2. The molecule has 6 rings (SSSR count). The Bertz CT molecular complexity index is 2160. The molecule has 0 fully saturated rings. The summed E-state index contributed by atoms with van der Waals surface area (Å²) < 4.78 is 44.0. The second kappa shape index (κ2) is 14.0. The number of likely N-dealkylation sites (N-methyl/N-ethyl adjacent to an activating group) is 1. The zero-order chi connectivity index (χ0) is 35.7. The number of carbonyl (C=O) groups excluding carboxylic acids is 3. The van der Waals surface area contributed by atoms with Crippen LogP contribution in [0.25, 0.3) is 22.3 Å². The fraction of sp³-hybridized carbons (Fsp3) is 0.343. The number of benzene rings is 2. The van der Waals surface area contributed by atoms with Crippen molar-refractivity contribution in [2.75, 3.05) is 31.7 Å². The van der Waals surface area contributed by atoms with Gasteiger partial charge in [0.15, 0.2) is 0 Å². The van der Waals surface area contributed by atoms with E-state index >= 15 is 0 Å². The van der Waals surface area contributed by atoms with Gasteiger partial charge in [-0.15, -0.1) is 0 Å². The van der Waals surface area contributed by atoms with Crippen molar-refractivity contribution in [2.45, 2.75) is 52.2 Å². The Morgan fingerprint density at radius 3 is 2.54 bits per heavy atom. The first-order chi connectivity index (χ1) is 23.8. The summed E-state index contributed by atoms with van der Waals surface area (Å²) in [4.78, 5) is 56.3. The van der Waals surface area contributed by atoms with Crippen LogP contribution in [0.4, 0.5) is 10.5 Å². The Morgan fingerprint density at radius 1 is 1.10 bits per heavy atom. The molecule has 2 aliphatic rings. The number of anilines is 1. The molecule has 262 valence electrons. The van der Waals surface area contributed by atoms with Crippen LogP contribution in [0.15, 0.2) is 59.4 Å². The number of fused-ring (bicyclic) bond motifs is 5. The van der Waals surface area contributed by atoms with Gasteiger partial charge in [-0.2, -0.15) is 4.31 Å². The van der Waals surface area contributed by atoms with Crippen molar-refractivity contribution in [1.29, 1.82) is 0 Å². The van der Waals surface area contributed by atoms with Crippen LogP contribution in [0.3, 0.4) is 0 Å². The van der Waals surface area contributed by atoms with Crippen molar-refractivity contribution in [3.8, 4) is 11.4 Å². The van der Waals surface area contributed by atoms with E-state index in [9.17, 15) is 27.6 Å². The van der Waals surface area contributed by atoms with Crippen molar-refractivity contribution in [1.82, 2.24) is 19.2 Å². The number of rotatable bonds is 11. The normalized spacial score (nSPS) is 15.0. The summed E-state index contributed by atoms with van der Waals surface area (Å²) in [6, 6.07) is 15.5. The number of para-hydroxylation sites is 1. The van der Waals surface area contributed by atoms with E-state index in [0.29, 0.717) is 34.6 Å². The highest BCUT2D eigenvalue weighted by Crippen LogP contribution is 2.39. The standard InChI is InChI=1S/C35H37N5O9S/c1-20(2)40(50(4,45)46)14-13-23-24-7-5-6-8-28(24)38-31-26(23)17-39-29(31)15-25-27(33(39)42)19-47-34(43)32(25)49-35(44)48-18-21-9-11-22(12-10-21)37-30(41)16-36-3/h5-12,15,20,32,36H,13-14,16-19H2,1-4H3,(H,37,41). The molecule has 1 unspecified atom stereocenters. The molecule has 1 atom stereocenters. The number of sulfonamides is 1. The quantitative estimate of drug-likeness (QED) is 0.193. The Balaban J connectivity index is 1.27. The molecule has 4 aromatic rings. The van der Waals surface area contributed by atoms with Gasteiger partial charge in [-0.1, -0.05) is 30.3 Å². The molecule has 15 heteroatoms. The lowest BCUT2D eigenvalue weighted by Crippen LogP contribution is -2.37. The van der Waals surface area contributed by atoms with Gasteiger partial charge >= 0.3 is 12.1 Å². The number of cyclic esters (lactones) is 1. The first-order valence-corrected chi connectivity index (χ1v) is 17.9. The van der Waals surface area contributed by atoms with E-state index in [1.165, 1.54) is 10.6 Å². The SMILES string of the molecule is CNCC(=O)Nc1ccc(COC(=O)OC2C(=O)OCc3c2cc2n(c3=O)Cc3c-2nc2ccccc2c3CCN(C(C)C)S(C)(=O)=O)cc1. The number of ether oxygens (including phenoxy) is 3. The van der Waals surface area contributed by atoms with Crippen LogP contribution in [-0.4, -0.2) is 72.7 Å². The van der Waals surface area contributed by atoms with E-state index in [1.807, 2.05) is 38.1 Å². The summed E-state index contributed by atoms with van der Waals surface area (Å²) in [7, 11) is -1.81. The Hall–Kier alpha value is -5.12. The number of nitrogens with zero attached hydrogens (tertiary/aromatic N) is 3. The summed E-state index contributed by atoms with van der Waals surface area (Å²) in [5.74, 6) is -1.05. The van der Waals surface area contributed by atoms with Crippen molar-refractivity contribution in [3.05, 3.63) is 92.8 Å². The Kier molecular flexibility index (Phi) is 9.73. The van der Waals surface area contributed by atoms with Gasteiger partial charge in [-0.3, -0.25) is 9.59 Å². The van der Waals surface area contributed by atoms with Gasteiger partial charge in [0.1, 0.15) is 13.2 Å². The minimum Gasteiger partial charge on any atom is -0.458 e. The Labute approximate surface area is 288 Å². The van der Waals surface area contributed by atoms with E-state index in [-0.39, 0.29) is 55.9 Å². The van der Waals surface area contributed by atoms with Gasteiger partial charge in [0, 0.05) is 34.8 Å². The molecule has 0 bridgehead atoms. The zero-order valence-electron chi connectivity index (χ0n) is 28.0. The summed E-state index contributed by atoms with van der Waals surface area (Å²) in [5.41, 5.74) is 4.40. The van der Waals surface area contributed by atoms with Crippen molar-refractivity contribution in [2.24, 2.45) is 0 Å². The van der Waals surface area contributed by atoms with Crippen LogP contribution in [-0.2, 0) is 60.0 Å². The number of hydrogen-bond acceptors (Lipinski definition) is 11. The fourth-order valence-corrected chi connectivity index (χ4v) is 7.58. The minimum atomic E-state index is -3.47. The summed E-state index contributed by atoms with van der Waals surface area (Å²) in [5, 5.41) is 6.34. The van der Waals surface area contributed by atoms with Crippen molar-refractivity contribution in [3.63, 3.8) is 0 Å². The van der Waals surface area contributed by atoms with Crippen molar-refractivity contribution >= 4 is 44.6 Å². The lowest BCUT2D eigenvalue weighted by Gasteiger charge is -2.24. The predicted octanol–water partition coefficient (Wildman–Crippen LogP) is 3.25. The molecule has 4 heterocycles. The topological polar surface area (TPSA) is 175 Å². The average Bonchev–Trinajstić information content (AvgIpc) is 3.43. The molecule has 0 spiro atoms. The third kappa shape index (κ3) is 6.97. The number of carbonyl (C=O) groups is 3. The second-order valence-corrected chi connectivity index (χ2v) is 14.4. The molecule has 1 amide bonds. The first-order valence-electron chi connectivity index (χ1n) is 16.0. The molecule has 14 nitrogen and oxygen atoms in total. The molecule has 0 aliphatic carbocycles. The van der Waals surface area contributed by atoms with Crippen LogP contribution in [0.1, 0.15) is 47.8 Å². The number of amides is 1. The van der Waals surface area contributed by atoms with E-state index in [2.05, 4.69) is 10.6 Å². The van der Waals surface area contributed by atoms with Crippen molar-refractivity contribution < 1.29 is 37.0 Å². The van der Waals surface area contributed by atoms with Gasteiger partial charge in [0.25, 0.3) is 5.56 Å². The number of esters is 1. The van der Waals surface area contributed by atoms with Crippen LogP contribution >= 0.6 is 0 Å². The smallest absolute Gasteiger partial charge is 0.458 e. The third-order valence-corrected chi connectivity index (χ3v) is 10.1. The largest absolute Gasteiger partial charge is 0.509 e. The molecule has 50 heavy (non-hydrogen) atoms. The van der Waals surface area contributed by atoms with E-state index in [1.54, 1.807) is 41.9 Å². The van der Waals surface area contributed by atoms with Crippen LogP contribution < -0.4 is 16.2 Å². The molecular weight excluding hydrogens is 666 g/mol. The van der Waals surface area contributed by atoms with E-state index in [0.717, 1.165) is 16.5 Å². The summed E-state index contributed by atoms with van der Waals surface area (Å²) in [6.45, 7) is 3.74. The molecule has 2 aliphatic heterocycles. The van der Waals surface area contributed by atoms with Crippen LogP contribution in [0.5, 0.6) is 0 Å². The lowest BCUT2D eigenvalue weighted by molar-refractivity contribution is -0.159. The first kappa shape index (κ1) is 34.7. The molecule has 0 saturated carbocycles. The molecule has 2 aromatic carbocycles. The minimum absolute atomic E-state index is 0.157. The number of hydrogen-bond donors (Lipinski definition) is 2. The van der Waals surface area contributed by atoms with Crippen LogP contribution in [0, 0.1) is 0 Å². The molecule has 2 aromatic heterocycles. The van der Waals surface area contributed by atoms with Gasteiger partial charge in [0.05, 0.1) is 41.8 Å². The maximum atomic E-state index is 13.9. The third-order valence-electron chi connectivity index (χ3n) is 8.69. The van der Waals surface area contributed by atoms with Gasteiger partial charge < -0.3 is 29.4 Å². The van der Waals surface area contributed by atoms with Crippen LogP contribution in [0.2, 0.25) is 0 Å². The highest BCUT2D eigenvalue weighted by molar-refractivity contribution is 7.88. The van der Waals surface area contributed by atoms with E-state index in [4.69, 9.17) is 19.2 Å². The zero-order valence-corrected chi connectivity index (χ0v) is 28.8. The summed E-state index contributed by atoms with van der Waals surface area (Å²) in [6.07, 6.45) is -1.12. The number of aromatic nitrogens is 2. The highest BCUT2D eigenvalue weighted by Gasteiger charge is 2.38. The monoisotopic (exact) mass is 703 g/mol. The second-order valence-electron chi connectivity index (χ2n) is 12.4. The number of pyridine rings is 2. The molecule has 0 radical (unpaired) electrons.